The Morgan fingerprint density at radius 3 is 2.73 bits per heavy atom. The average Bonchev–Trinajstić information content (AvgIpc) is 2.17. The molecule has 1 aromatic carbocycles. The molecule has 1 rings (SSSR count). The topological polar surface area (TPSA) is 44.5 Å². The van der Waals surface area contributed by atoms with Crippen molar-refractivity contribution in [1.29, 1.82) is 0 Å². The summed E-state index contributed by atoms with van der Waals surface area (Å²) < 4.78 is 10.7. The fourth-order valence-corrected chi connectivity index (χ4v) is 1.37. The lowest BCUT2D eigenvalue weighted by Crippen LogP contribution is -2.21. The molecule has 1 atom stereocenters. The van der Waals surface area contributed by atoms with Crippen LogP contribution in [0.3, 0.4) is 0 Å². The van der Waals surface area contributed by atoms with Gasteiger partial charge in [0.2, 0.25) is 0 Å². The molecule has 0 aromatic heterocycles. The van der Waals surface area contributed by atoms with Crippen LogP contribution >= 0.6 is 0 Å². The number of methoxy groups -OCH3 is 1. The third-order valence-electron chi connectivity index (χ3n) is 2.07. The van der Waals surface area contributed by atoms with Crippen molar-refractivity contribution < 1.29 is 9.47 Å². The lowest BCUT2D eigenvalue weighted by atomic mass is 10.1. The summed E-state index contributed by atoms with van der Waals surface area (Å²) in [6, 6.07) is 6.12. The van der Waals surface area contributed by atoms with E-state index in [4.69, 9.17) is 15.2 Å². The highest BCUT2D eigenvalue weighted by Gasteiger charge is 2.03. The minimum Gasteiger partial charge on any atom is -0.496 e. The van der Waals surface area contributed by atoms with E-state index in [1.807, 2.05) is 19.1 Å². The molecule has 0 saturated carbocycles. The Labute approximate surface area is 91.2 Å². The molecule has 1 unspecified atom stereocenters. The second-order valence-electron chi connectivity index (χ2n) is 3.81. The fourth-order valence-electron chi connectivity index (χ4n) is 1.37. The molecule has 1 aromatic rings. The second-order valence-corrected chi connectivity index (χ2v) is 3.81. The van der Waals surface area contributed by atoms with Crippen molar-refractivity contribution in [2.75, 3.05) is 13.7 Å². The monoisotopic (exact) mass is 209 g/mol. The molecule has 0 spiro atoms. The van der Waals surface area contributed by atoms with Crippen LogP contribution in [0.4, 0.5) is 0 Å². The van der Waals surface area contributed by atoms with Crippen LogP contribution in [0.1, 0.15) is 18.1 Å². The molecule has 0 aliphatic heterocycles. The van der Waals surface area contributed by atoms with Gasteiger partial charge in [-0.2, -0.15) is 0 Å². The van der Waals surface area contributed by atoms with E-state index < -0.39 is 0 Å². The van der Waals surface area contributed by atoms with E-state index in [2.05, 4.69) is 13.0 Å². The maximum atomic E-state index is 5.60. The van der Waals surface area contributed by atoms with Crippen molar-refractivity contribution in [3.63, 3.8) is 0 Å². The van der Waals surface area contributed by atoms with E-state index in [1.165, 1.54) is 5.56 Å². The second kappa shape index (κ2) is 5.73. The normalized spacial score (nSPS) is 12.5. The Bertz CT molecular complexity index is 310. The number of nitrogens with two attached hydrogens (primary N) is 1. The summed E-state index contributed by atoms with van der Waals surface area (Å²) in [4.78, 5) is 0. The van der Waals surface area contributed by atoms with Gasteiger partial charge in [0.15, 0.2) is 0 Å². The maximum Gasteiger partial charge on any atom is 0.124 e. The summed E-state index contributed by atoms with van der Waals surface area (Å²) >= 11 is 0. The molecule has 3 nitrogen and oxygen atoms in total. The zero-order valence-corrected chi connectivity index (χ0v) is 9.62. The fraction of sp³-hybridized carbons (Fsp3) is 0.500. The third kappa shape index (κ3) is 3.90. The maximum absolute atomic E-state index is 5.60. The highest BCUT2D eigenvalue weighted by atomic mass is 16.5. The van der Waals surface area contributed by atoms with E-state index in [-0.39, 0.29) is 6.04 Å². The quantitative estimate of drug-likeness (QED) is 0.805. The molecule has 0 aliphatic rings. The molecule has 0 radical (unpaired) electrons. The molecule has 0 amide bonds. The highest BCUT2D eigenvalue weighted by Crippen LogP contribution is 2.20. The van der Waals surface area contributed by atoms with Gasteiger partial charge in [-0.05, 0) is 19.9 Å². The smallest absolute Gasteiger partial charge is 0.124 e. The molecule has 15 heavy (non-hydrogen) atoms. The standard InChI is InChI=1S/C12H19NO2/c1-9-4-5-12(14-3)11(6-9)8-15-7-10(2)13/h4-6,10H,7-8,13H2,1-3H3. The Morgan fingerprint density at radius 2 is 2.13 bits per heavy atom. The van der Waals surface area contributed by atoms with Crippen molar-refractivity contribution in [2.45, 2.75) is 26.5 Å². The van der Waals surface area contributed by atoms with Crippen molar-refractivity contribution in [3.05, 3.63) is 29.3 Å². The lowest BCUT2D eigenvalue weighted by molar-refractivity contribution is 0.109. The summed E-state index contributed by atoms with van der Waals surface area (Å²) in [5.41, 5.74) is 7.87. The van der Waals surface area contributed by atoms with Gasteiger partial charge in [-0.25, -0.2) is 0 Å². The van der Waals surface area contributed by atoms with E-state index in [0.29, 0.717) is 13.2 Å². The largest absolute Gasteiger partial charge is 0.496 e. The van der Waals surface area contributed by atoms with Crippen molar-refractivity contribution in [3.8, 4) is 5.75 Å². The zero-order valence-electron chi connectivity index (χ0n) is 9.62. The van der Waals surface area contributed by atoms with Crippen LogP contribution in [0.2, 0.25) is 0 Å². The van der Waals surface area contributed by atoms with Gasteiger partial charge in [-0.15, -0.1) is 0 Å². The van der Waals surface area contributed by atoms with Crippen LogP contribution in [-0.4, -0.2) is 19.8 Å². The summed E-state index contributed by atoms with van der Waals surface area (Å²) in [5.74, 6) is 0.866. The molecule has 0 bridgehead atoms. The first-order valence-corrected chi connectivity index (χ1v) is 5.10. The van der Waals surface area contributed by atoms with Crippen LogP contribution in [0.25, 0.3) is 0 Å². The predicted molar refractivity (Wildman–Crippen MR) is 61.0 cm³/mol. The third-order valence-corrected chi connectivity index (χ3v) is 2.07. The molecular formula is C12H19NO2. The number of aryl methyl sites for hydroxylation is 1. The Hall–Kier alpha value is -1.06. The van der Waals surface area contributed by atoms with Crippen LogP contribution in [0, 0.1) is 6.92 Å². The first-order chi connectivity index (χ1) is 7.13. The van der Waals surface area contributed by atoms with E-state index in [0.717, 1.165) is 11.3 Å². The molecular weight excluding hydrogens is 190 g/mol. The zero-order chi connectivity index (χ0) is 11.3. The molecule has 2 N–H and O–H groups in total. The van der Waals surface area contributed by atoms with Crippen molar-refractivity contribution >= 4 is 0 Å². The van der Waals surface area contributed by atoms with Gasteiger partial charge in [-0.1, -0.05) is 17.7 Å². The highest BCUT2D eigenvalue weighted by molar-refractivity contribution is 5.36. The Balaban J connectivity index is 2.62. The summed E-state index contributed by atoms with van der Waals surface area (Å²) in [6.45, 7) is 5.09. The van der Waals surface area contributed by atoms with Gasteiger partial charge in [-0.3, -0.25) is 0 Å². The average molecular weight is 209 g/mol. The van der Waals surface area contributed by atoms with E-state index in [1.54, 1.807) is 7.11 Å². The van der Waals surface area contributed by atoms with Gasteiger partial charge in [0.05, 0.1) is 20.3 Å². The summed E-state index contributed by atoms with van der Waals surface area (Å²) in [6.07, 6.45) is 0. The number of hydrogen-bond donors (Lipinski definition) is 1. The van der Waals surface area contributed by atoms with Gasteiger partial charge >= 0.3 is 0 Å². The van der Waals surface area contributed by atoms with Gasteiger partial charge in [0.25, 0.3) is 0 Å². The van der Waals surface area contributed by atoms with Gasteiger partial charge in [0.1, 0.15) is 5.75 Å². The van der Waals surface area contributed by atoms with Gasteiger partial charge < -0.3 is 15.2 Å². The first-order valence-electron chi connectivity index (χ1n) is 5.10. The number of benzene rings is 1. The number of rotatable bonds is 5. The van der Waals surface area contributed by atoms with E-state index >= 15 is 0 Å². The van der Waals surface area contributed by atoms with Gasteiger partial charge in [0, 0.05) is 11.6 Å². The molecule has 0 aliphatic carbocycles. The molecule has 84 valence electrons. The summed E-state index contributed by atoms with van der Waals surface area (Å²) in [7, 11) is 1.67. The molecule has 0 heterocycles. The van der Waals surface area contributed by atoms with Crippen molar-refractivity contribution in [1.82, 2.24) is 0 Å². The minimum atomic E-state index is 0.0702. The van der Waals surface area contributed by atoms with Crippen LogP contribution in [-0.2, 0) is 11.3 Å². The number of hydrogen-bond acceptors (Lipinski definition) is 3. The minimum absolute atomic E-state index is 0.0702. The van der Waals surface area contributed by atoms with Crippen LogP contribution < -0.4 is 10.5 Å². The van der Waals surface area contributed by atoms with E-state index in [9.17, 15) is 0 Å². The summed E-state index contributed by atoms with van der Waals surface area (Å²) in [5, 5.41) is 0. The van der Waals surface area contributed by atoms with Crippen LogP contribution in [0.5, 0.6) is 5.75 Å². The molecule has 3 heteroatoms. The first kappa shape index (κ1) is 12.0. The SMILES string of the molecule is COc1ccc(C)cc1COCC(C)N. The molecule has 0 fully saturated rings. The Morgan fingerprint density at radius 1 is 1.40 bits per heavy atom. The van der Waals surface area contributed by atoms with Crippen molar-refractivity contribution in [2.24, 2.45) is 5.73 Å². The molecule has 0 saturated heterocycles. The number of ether oxygens (including phenoxy) is 2. The lowest BCUT2D eigenvalue weighted by Gasteiger charge is -2.11. The predicted octanol–water partition coefficient (Wildman–Crippen LogP) is 1.87. The Kier molecular flexibility index (Phi) is 4.59. The van der Waals surface area contributed by atoms with Crippen LogP contribution in [0.15, 0.2) is 18.2 Å².